The third kappa shape index (κ3) is 4.11. The van der Waals surface area contributed by atoms with Gasteiger partial charge in [-0.25, -0.2) is 4.79 Å². The molecule has 0 saturated heterocycles. The van der Waals surface area contributed by atoms with Crippen LogP contribution in [0.15, 0.2) is 48.5 Å². The zero-order valence-electron chi connectivity index (χ0n) is 10.8. The van der Waals surface area contributed by atoms with Crippen LogP contribution in [0.25, 0.3) is 0 Å². The van der Waals surface area contributed by atoms with E-state index < -0.39 is 18.2 Å². The summed E-state index contributed by atoms with van der Waals surface area (Å²) in [4.78, 5) is 11.0. The molecule has 2 atom stereocenters. The summed E-state index contributed by atoms with van der Waals surface area (Å²) < 4.78 is 0. The highest BCUT2D eigenvalue weighted by Gasteiger charge is 2.24. The van der Waals surface area contributed by atoms with E-state index in [0.717, 1.165) is 0 Å². The molecule has 0 fully saturated rings. The molecule has 0 saturated carbocycles. The first kappa shape index (κ1) is 15.6. The lowest BCUT2D eigenvalue weighted by Crippen LogP contribution is -2.31. The van der Waals surface area contributed by atoms with Crippen LogP contribution >= 0.6 is 23.2 Å². The van der Waals surface area contributed by atoms with Gasteiger partial charge < -0.3 is 15.5 Å². The Morgan fingerprint density at radius 2 is 1.67 bits per heavy atom. The summed E-state index contributed by atoms with van der Waals surface area (Å²) in [6, 6.07) is 12.4. The molecule has 2 rings (SSSR count). The number of amides is 1. The Hall–Kier alpha value is -1.75. The molecule has 0 heterocycles. The van der Waals surface area contributed by atoms with Crippen molar-refractivity contribution in [2.24, 2.45) is 0 Å². The van der Waals surface area contributed by atoms with Crippen molar-refractivity contribution in [1.82, 2.24) is 5.32 Å². The average molecular weight is 326 g/mol. The SMILES string of the molecule is O=C(O)N[C@@H](c1ccc(Cl)cc1)[C@H](O)c1cccc(Cl)c1. The molecule has 3 N–H and O–H groups in total. The van der Waals surface area contributed by atoms with Crippen LogP contribution in [-0.2, 0) is 0 Å². The maximum atomic E-state index is 11.0. The molecular weight excluding hydrogens is 313 g/mol. The number of aliphatic hydroxyl groups excluding tert-OH is 1. The lowest BCUT2D eigenvalue weighted by molar-refractivity contribution is 0.120. The highest BCUT2D eigenvalue weighted by molar-refractivity contribution is 6.30. The van der Waals surface area contributed by atoms with Gasteiger partial charge in [0.2, 0.25) is 0 Å². The van der Waals surface area contributed by atoms with Crippen LogP contribution in [0.5, 0.6) is 0 Å². The molecule has 2 aromatic carbocycles. The van der Waals surface area contributed by atoms with Crippen molar-refractivity contribution in [1.29, 1.82) is 0 Å². The third-order valence-electron chi connectivity index (χ3n) is 3.01. The predicted octanol–water partition coefficient (Wildman–Crippen LogP) is 4.04. The van der Waals surface area contributed by atoms with Gasteiger partial charge in [-0.2, -0.15) is 0 Å². The van der Waals surface area contributed by atoms with Gasteiger partial charge in [0.25, 0.3) is 0 Å². The standard InChI is InChI=1S/C15H13Cl2NO3/c16-11-6-4-9(5-7-11)13(18-15(20)21)14(19)10-2-1-3-12(17)8-10/h1-8,13-14,18-19H,(H,20,21)/t13-,14+/m0/s1. The first-order chi connectivity index (χ1) is 9.97. The summed E-state index contributed by atoms with van der Waals surface area (Å²) in [6.07, 6.45) is -2.29. The maximum Gasteiger partial charge on any atom is 0.405 e. The summed E-state index contributed by atoms with van der Waals surface area (Å²) in [7, 11) is 0. The quantitative estimate of drug-likeness (QED) is 0.794. The topological polar surface area (TPSA) is 69.6 Å². The fourth-order valence-corrected chi connectivity index (χ4v) is 2.36. The van der Waals surface area contributed by atoms with Gasteiger partial charge in [-0.3, -0.25) is 0 Å². The molecule has 0 aromatic heterocycles. The van der Waals surface area contributed by atoms with Crippen LogP contribution in [0.3, 0.4) is 0 Å². The lowest BCUT2D eigenvalue weighted by atomic mass is 9.96. The number of halogens is 2. The Kier molecular flexibility index (Phi) is 5.07. The van der Waals surface area contributed by atoms with Crippen molar-refractivity contribution in [3.05, 3.63) is 69.7 Å². The second-order valence-corrected chi connectivity index (χ2v) is 5.35. The van der Waals surface area contributed by atoms with Gasteiger partial charge in [0, 0.05) is 10.0 Å². The highest BCUT2D eigenvalue weighted by Crippen LogP contribution is 2.30. The fraction of sp³-hybridized carbons (Fsp3) is 0.133. The number of carbonyl (C=O) groups is 1. The van der Waals surface area contributed by atoms with E-state index >= 15 is 0 Å². The summed E-state index contributed by atoms with van der Waals surface area (Å²) in [5.74, 6) is 0. The number of benzene rings is 2. The summed E-state index contributed by atoms with van der Waals surface area (Å²) in [5.41, 5.74) is 1.13. The number of rotatable bonds is 4. The zero-order chi connectivity index (χ0) is 15.4. The second-order valence-electron chi connectivity index (χ2n) is 4.48. The molecule has 0 aliphatic rings. The minimum absolute atomic E-state index is 0.469. The number of carboxylic acid groups (broad SMARTS) is 1. The molecule has 0 spiro atoms. The van der Waals surface area contributed by atoms with Crippen molar-refractivity contribution in [2.75, 3.05) is 0 Å². The van der Waals surface area contributed by atoms with Gasteiger partial charge >= 0.3 is 6.09 Å². The highest BCUT2D eigenvalue weighted by atomic mass is 35.5. The van der Waals surface area contributed by atoms with E-state index in [1.54, 1.807) is 48.5 Å². The summed E-state index contributed by atoms with van der Waals surface area (Å²) in [6.45, 7) is 0. The first-order valence-corrected chi connectivity index (χ1v) is 6.91. The van der Waals surface area contributed by atoms with E-state index in [4.69, 9.17) is 28.3 Å². The molecule has 2 aromatic rings. The molecule has 110 valence electrons. The van der Waals surface area contributed by atoms with Crippen molar-refractivity contribution >= 4 is 29.3 Å². The molecule has 1 amide bonds. The number of nitrogens with one attached hydrogen (secondary N) is 1. The minimum atomic E-state index is -1.23. The Balaban J connectivity index is 2.35. The third-order valence-corrected chi connectivity index (χ3v) is 3.50. The smallest absolute Gasteiger partial charge is 0.405 e. The molecular formula is C15H13Cl2NO3. The van der Waals surface area contributed by atoms with Crippen molar-refractivity contribution in [2.45, 2.75) is 12.1 Å². The summed E-state index contributed by atoms with van der Waals surface area (Å²) in [5, 5.41) is 22.8. The number of aliphatic hydroxyl groups is 1. The number of hydrogen-bond acceptors (Lipinski definition) is 2. The van der Waals surface area contributed by atoms with E-state index in [9.17, 15) is 9.90 Å². The Bertz CT molecular complexity index is 631. The second kappa shape index (κ2) is 6.80. The van der Waals surface area contributed by atoms with E-state index in [2.05, 4.69) is 5.32 Å². The van der Waals surface area contributed by atoms with Gasteiger partial charge in [-0.15, -0.1) is 0 Å². The zero-order valence-corrected chi connectivity index (χ0v) is 12.3. The van der Waals surface area contributed by atoms with Crippen LogP contribution in [0, 0.1) is 0 Å². The van der Waals surface area contributed by atoms with Crippen LogP contribution in [-0.4, -0.2) is 16.3 Å². The summed E-state index contributed by atoms with van der Waals surface area (Å²) >= 11 is 11.7. The maximum absolute atomic E-state index is 11.0. The van der Waals surface area contributed by atoms with E-state index in [-0.39, 0.29) is 0 Å². The Morgan fingerprint density at radius 1 is 1.00 bits per heavy atom. The van der Waals surface area contributed by atoms with Gasteiger partial charge in [0.15, 0.2) is 0 Å². The van der Waals surface area contributed by atoms with Gasteiger partial charge in [0.05, 0.1) is 6.04 Å². The van der Waals surface area contributed by atoms with Crippen molar-refractivity contribution < 1.29 is 15.0 Å². The molecule has 0 unspecified atom stereocenters. The van der Waals surface area contributed by atoms with Crippen LogP contribution in [0.4, 0.5) is 4.79 Å². The minimum Gasteiger partial charge on any atom is -0.465 e. The molecule has 6 heteroatoms. The Morgan fingerprint density at radius 3 is 2.24 bits per heavy atom. The fourth-order valence-electron chi connectivity index (χ4n) is 2.03. The van der Waals surface area contributed by atoms with E-state index in [0.29, 0.717) is 21.2 Å². The largest absolute Gasteiger partial charge is 0.465 e. The molecule has 0 bridgehead atoms. The van der Waals surface area contributed by atoms with Crippen molar-refractivity contribution in [3.8, 4) is 0 Å². The van der Waals surface area contributed by atoms with Gasteiger partial charge in [0.1, 0.15) is 6.10 Å². The first-order valence-electron chi connectivity index (χ1n) is 6.16. The van der Waals surface area contributed by atoms with E-state index in [1.165, 1.54) is 0 Å². The number of hydrogen-bond donors (Lipinski definition) is 3. The van der Waals surface area contributed by atoms with Crippen LogP contribution in [0.2, 0.25) is 10.0 Å². The van der Waals surface area contributed by atoms with Gasteiger partial charge in [-0.05, 0) is 35.4 Å². The lowest BCUT2D eigenvalue weighted by Gasteiger charge is -2.24. The predicted molar refractivity (Wildman–Crippen MR) is 81.8 cm³/mol. The molecule has 0 radical (unpaired) electrons. The van der Waals surface area contributed by atoms with Crippen LogP contribution < -0.4 is 5.32 Å². The molecule has 0 aliphatic carbocycles. The molecule has 21 heavy (non-hydrogen) atoms. The monoisotopic (exact) mass is 325 g/mol. The van der Waals surface area contributed by atoms with Crippen molar-refractivity contribution in [3.63, 3.8) is 0 Å². The average Bonchev–Trinajstić information content (AvgIpc) is 2.45. The normalized spacial score (nSPS) is 13.5. The van der Waals surface area contributed by atoms with E-state index in [1.807, 2.05) is 0 Å². The van der Waals surface area contributed by atoms with Crippen LogP contribution in [0.1, 0.15) is 23.3 Å². The molecule has 0 aliphatic heterocycles. The Labute approximate surface area is 131 Å². The van der Waals surface area contributed by atoms with Gasteiger partial charge in [-0.1, -0.05) is 47.5 Å². The molecule has 4 nitrogen and oxygen atoms in total.